The Bertz CT molecular complexity index is 652. The van der Waals surface area contributed by atoms with Crippen LogP contribution in [0.5, 0.6) is 0 Å². The van der Waals surface area contributed by atoms with Crippen LogP contribution in [0.1, 0.15) is 51.9 Å². The molecule has 6 heteroatoms. The van der Waals surface area contributed by atoms with Crippen molar-refractivity contribution >= 4 is 23.3 Å². The summed E-state index contributed by atoms with van der Waals surface area (Å²) >= 11 is 5.92. The van der Waals surface area contributed by atoms with Gasteiger partial charge in [-0.25, -0.2) is 4.98 Å². The minimum Gasteiger partial charge on any atom is -0.378 e. The summed E-state index contributed by atoms with van der Waals surface area (Å²) in [5.74, 6) is 1.30. The molecule has 0 aromatic carbocycles. The lowest BCUT2D eigenvalue weighted by Gasteiger charge is -2.54. The van der Waals surface area contributed by atoms with Gasteiger partial charge in [-0.15, -0.1) is 0 Å². The predicted octanol–water partition coefficient (Wildman–Crippen LogP) is 3.81. The second-order valence-electron chi connectivity index (χ2n) is 8.28. The Kier molecular flexibility index (Phi) is 5.60. The Balaban J connectivity index is 1.30. The molecule has 27 heavy (non-hydrogen) atoms. The SMILES string of the molecule is CCOC1CC(NC(=O)C2CCN(c3ccc(Cl)cn3)CC2)C12CCCC2. The van der Waals surface area contributed by atoms with Gasteiger partial charge in [-0.1, -0.05) is 24.4 Å². The number of aromatic nitrogens is 1. The normalized spacial score (nSPS) is 27.6. The van der Waals surface area contributed by atoms with E-state index in [4.69, 9.17) is 16.3 Å². The average molecular weight is 392 g/mol. The number of ether oxygens (including phenoxy) is 1. The topological polar surface area (TPSA) is 54.5 Å². The van der Waals surface area contributed by atoms with Crippen molar-refractivity contribution in [1.29, 1.82) is 0 Å². The van der Waals surface area contributed by atoms with E-state index in [1.807, 2.05) is 12.1 Å². The highest BCUT2D eigenvalue weighted by Gasteiger charge is 2.57. The van der Waals surface area contributed by atoms with Gasteiger partial charge in [-0.05, 0) is 51.2 Å². The molecule has 1 saturated heterocycles. The maximum Gasteiger partial charge on any atom is 0.223 e. The maximum absolute atomic E-state index is 12.9. The number of hydrogen-bond donors (Lipinski definition) is 1. The van der Waals surface area contributed by atoms with Gasteiger partial charge < -0.3 is 15.0 Å². The third-order valence-electron chi connectivity index (χ3n) is 6.91. The lowest BCUT2D eigenvalue weighted by molar-refractivity contribution is -0.146. The highest BCUT2D eigenvalue weighted by atomic mass is 35.5. The fourth-order valence-corrected chi connectivity index (χ4v) is 5.42. The molecular formula is C21H30ClN3O2. The number of halogens is 1. The molecule has 2 aliphatic carbocycles. The summed E-state index contributed by atoms with van der Waals surface area (Å²) in [6.45, 7) is 4.57. The lowest BCUT2D eigenvalue weighted by Crippen LogP contribution is -2.64. The molecular weight excluding hydrogens is 362 g/mol. The number of carbonyl (C=O) groups is 1. The number of piperidine rings is 1. The lowest BCUT2D eigenvalue weighted by atomic mass is 9.60. The van der Waals surface area contributed by atoms with Gasteiger partial charge in [-0.2, -0.15) is 0 Å². The molecule has 148 valence electrons. The van der Waals surface area contributed by atoms with Crippen LogP contribution >= 0.6 is 11.6 Å². The van der Waals surface area contributed by atoms with Gasteiger partial charge in [0.25, 0.3) is 0 Å². The van der Waals surface area contributed by atoms with Crippen molar-refractivity contribution in [2.45, 2.75) is 64.0 Å². The molecule has 3 aliphatic rings. The first kappa shape index (κ1) is 19.0. The predicted molar refractivity (Wildman–Crippen MR) is 107 cm³/mol. The number of amides is 1. The maximum atomic E-state index is 12.9. The molecule has 0 bridgehead atoms. The summed E-state index contributed by atoms with van der Waals surface area (Å²) in [5.41, 5.74) is 0.208. The first-order valence-electron chi connectivity index (χ1n) is 10.4. The molecule has 0 radical (unpaired) electrons. The summed E-state index contributed by atoms with van der Waals surface area (Å²) < 4.78 is 5.97. The van der Waals surface area contributed by atoms with Crippen molar-refractivity contribution in [1.82, 2.24) is 10.3 Å². The van der Waals surface area contributed by atoms with Crippen molar-refractivity contribution in [3.8, 4) is 0 Å². The Hall–Kier alpha value is -1.33. The Morgan fingerprint density at radius 3 is 2.70 bits per heavy atom. The second-order valence-corrected chi connectivity index (χ2v) is 8.71. The number of nitrogens with zero attached hydrogens (tertiary/aromatic N) is 2. The summed E-state index contributed by atoms with van der Waals surface area (Å²) in [6, 6.07) is 4.13. The van der Waals surface area contributed by atoms with Gasteiger partial charge in [0.1, 0.15) is 5.82 Å². The fraction of sp³-hybridized carbons (Fsp3) is 0.714. The van der Waals surface area contributed by atoms with E-state index in [0.717, 1.165) is 44.8 Å². The molecule has 1 aliphatic heterocycles. The van der Waals surface area contributed by atoms with E-state index in [-0.39, 0.29) is 17.2 Å². The van der Waals surface area contributed by atoms with Crippen molar-refractivity contribution in [3.63, 3.8) is 0 Å². The van der Waals surface area contributed by atoms with Gasteiger partial charge in [0.05, 0.1) is 11.1 Å². The zero-order valence-electron chi connectivity index (χ0n) is 16.1. The first-order valence-corrected chi connectivity index (χ1v) is 10.8. The van der Waals surface area contributed by atoms with Crippen molar-refractivity contribution in [2.24, 2.45) is 11.3 Å². The van der Waals surface area contributed by atoms with Crippen LogP contribution in [0.3, 0.4) is 0 Å². The van der Waals surface area contributed by atoms with Gasteiger partial charge in [-0.3, -0.25) is 4.79 Å². The van der Waals surface area contributed by atoms with Crippen LogP contribution in [0, 0.1) is 11.3 Å². The average Bonchev–Trinajstić information content (AvgIpc) is 3.21. The molecule has 3 fully saturated rings. The van der Waals surface area contributed by atoms with Crippen LogP contribution in [-0.4, -0.2) is 42.7 Å². The minimum atomic E-state index is 0.109. The van der Waals surface area contributed by atoms with Crippen molar-refractivity contribution < 1.29 is 9.53 Å². The van der Waals surface area contributed by atoms with Crippen molar-refractivity contribution in [3.05, 3.63) is 23.4 Å². The highest BCUT2D eigenvalue weighted by Crippen LogP contribution is 2.54. The van der Waals surface area contributed by atoms with Crippen LogP contribution in [0.2, 0.25) is 5.02 Å². The van der Waals surface area contributed by atoms with Crippen LogP contribution in [0.25, 0.3) is 0 Å². The molecule has 4 rings (SSSR count). The van der Waals surface area contributed by atoms with Gasteiger partial charge >= 0.3 is 0 Å². The van der Waals surface area contributed by atoms with E-state index in [0.29, 0.717) is 17.2 Å². The molecule has 2 saturated carbocycles. The van der Waals surface area contributed by atoms with Gasteiger partial charge in [0, 0.05) is 43.3 Å². The first-order chi connectivity index (χ1) is 13.1. The van der Waals surface area contributed by atoms with Crippen molar-refractivity contribution in [2.75, 3.05) is 24.6 Å². The molecule has 2 heterocycles. The molecule has 1 N–H and O–H groups in total. The minimum absolute atomic E-state index is 0.109. The quantitative estimate of drug-likeness (QED) is 0.829. The molecule has 5 nitrogen and oxygen atoms in total. The number of rotatable bonds is 5. The highest BCUT2D eigenvalue weighted by molar-refractivity contribution is 6.30. The molecule has 2 unspecified atom stereocenters. The summed E-state index contributed by atoms with van der Waals surface area (Å²) in [7, 11) is 0. The number of hydrogen-bond acceptors (Lipinski definition) is 4. The third kappa shape index (κ3) is 3.68. The van der Waals surface area contributed by atoms with E-state index < -0.39 is 0 Å². The largest absolute Gasteiger partial charge is 0.378 e. The number of pyridine rings is 1. The Morgan fingerprint density at radius 1 is 1.33 bits per heavy atom. The molecule has 1 aromatic heterocycles. The van der Waals surface area contributed by atoms with Crippen LogP contribution in [0.4, 0.5) is 5.82 Å². The monoisotopic (exact) mass is 391 g/mol. The van der Waals surface area contributed by atoms with Crippen LogP contribution in [0.15, 0.2) is 18.3 Å². The molecule has 1 aromatic rings. The van der Waals surface area contributed by atoms with Crippen LogP contribution < -0.4 is 10.2 Å². The van der Waals surface area contributed by atoms with Gasteiger partial charge in [0.2, 0.25) is 5.91 Å². The molecule has 2 atom stereocenters. The van der Waals surface area contributed by atoms with E-state index >= 15 is 0 Å². The number of anilines is 1. The summed E-state index contributed by atoms with van der Waals surface area (Å²) in [4.78, 5) is 19.5. The Morgan fingerprint density at radius 2 is 2.07 bits per heavy atom. The fourth-order valence-electron chi connectivity index (χ4n) is 5.30. The van der Waals surface area contributed by atoms with E-state index in [9.17, 15) is 4.79 Å². The summed E-state index contributed by atoms with van der Waals surface area (Å²) in [5, 5.41) is 4.05. The third-order valence-corrected chi connectivity index (χ3v) is 7.13. The zero-order chi connectivity index (χ0) is 18.9. The van der Waals surface area contributed by atoms with Crippen LogP contribution in [-0.2, 0) is 9.53 Å². The molecule has 1 amide bonds. The van der Waals surface area contributed by atoms with E-state index in [2.05, 4.69) is 22.1 Å². The van der Waals surface area contributed by atoms with E-state index in [1.165, 1.54) is 25.7 Å². The molecule has 1 spiro atoms. The standard InChI is InChI=1S/C21H30ClN3O2/c1-2-27-18-13-17(21(18)9-3-4-10-21)24-20(26)15-7-11-25(12-8-15)19-6-5-16(22)14-23-19/h5-6,14-15,17-18H,2-4,7-13H2,1H3,(H,24,26). The van der Waals surface area contributed by atoms with Gasteiger partial charge in [0.15, 0.2) is 0 Å². The zero-order valence-corrected chi connectivity index (χ0v) is 16.9. The second kappa shape index (κ2) is 7.96. The number of nitrogens with one attached hydrogen (secondary N) is 1. The smallest absolute Gasteiger partial charge is 0.223 e. The Labute approximate surface area is 166 Å². The summed E-state index contributed by atoms with van der Waals surface area (Å²) in [6.07, 6.45) is 9.69. The number of carbonyl (C=O) groups excluding carboxylic acids is 1. The van der Waals surface area contributed by atoms with E-state index in [1.54, 1.807) is 6.20 Å².